The van der Waals surface area contributed by atoms with Crippen molar-refractivity contribution in [3.05, 3.63) is 177 Å². The Balaban J connectivity index is 1.26. The van der Waals surface area contributed by atoms with Gasteiger partial charge in [-0.15, -0.1) is 11.3 Å². The van der Waals surface area contributed by atoms with E-state index in [0.29, 0.717) is 22.6 Å². The molecule has 0 aliphatic carbocycles. The molecule has 0 bridgehead atoms. The molecule has 1 fully saturated rings. The first-order chi connectivity index (χ1) is 25.3. The number of hydrogen-bond acceptors (Lipinski definition) is 9. The van der Waals surface area contributed by atoms with E-state index in [1.807, 2.05) is 18.2 Å². The fraction of sp³-hybridized carbons (Fsp3) is 0.167. The molecule has 0 amide bonds. The lowest BCUT2D eigenvalue weighted by Gasteiger charge is -2.43. The number of aliphatic hydroxyl groups excluding tert-OH is 1. The number of fused-ring (bicyclic) bond motifs is 1. The number of carbonyl (C=O) groups excluding carboxylic acids is 3. The van der Waals surface area contributed by atoms with Crippen LogP contribution in [0.5, 0.6) is 0 Å². The number of rotatable bonds is 10. The predicted molar refractivity (Wildman–Crippen MR) is 198 cm³/mol. The highest BCUT2D eigenvalue weighted by molar-refractivity contribution is 7.19. The second-order valence-electron chi connectivity index (χ2n) is 12.3. The topological polar surface area (TPSA) is 108 Å². The second kappa shape index (κ2) is 15.9. The molecule has 10 heteroatoms. The van der Waals surface area contributed by atoms with Crippen molar-refractivity contribution < 1.29 is 38.4 Å². The summed E-state index contributed by atoms with van der Waals surface area (Å²) >= 11 is 8.42. The Morgan fingerprint density at radius 3 is 1.85 bits per heavy atom. The van der Waals surface area contributed by atoms with Gasteiger partial charge < -0.3 is 24.1 Å². The van der Waals surface area contributed by atoms with Gasteiger partial charge in [-0.1, -0.05) is 96.5 Å². The third kappa shape index (κ3) is 7.93. The number of ether oxygens (including phenoxy) is 4. The molecule has 1 aromatic heterocycles. The molecule has 0 radical (unpaired) electrons. The molecule has 2 heterocycles. The van der Waals surface area contributed by atoms with Crippen molar-refractivity contribution in [3.63, 3.8) is 0 Å². The SMILES string of the molecule is O=C(OCC1OC(c2ccc(Cl)c(Cc3cc4ccccc4s3)c2)[C@H](OC(=O)c2ccccc2)C(OC(=O)c2ccccc2)[C@@H]1O)c1ccccc1. The highest BCUT2D eigenvalue weighted by Gasteiger charge is 2.51. The van der Waals surface area contributed by atoms with Crippen LogP contribution in [0.15, 0.2) is 140 Å². The maximum absolute atomic E-state index is 13.6. The molecule has 262 valence electrons. The van der Waals surface area contributed by atoms with Crippen LogP contribution in [-0.4, -0.2) is 54.0 Å². The lowest BCUT2D eigenvalue weighted by Crippen LogP contribution is -2.58. The summed E-state index contributed by atoms with van der Waals surface area (Å²) in [6.45, 7) is -0.383. The third-order valence-electron chi connectivity index (χ3n) is 8.79. The molecular formula is C42H33ClO8S. The lowest BCUT2D eigenvalue weighted by molar-refractivity contribution is -0.231. The Morgan fingerprint density at radius 1 is 0.673 bits per heavy atom. The van der Waals surface area contributed by atoms with Crippen LogP contribution in [0.25, 0.3) is 10.1 Å². The Kier molecular flexibility index (Phi) is 10.7. The quantitative estimate of drug-likeness (QED) is 0.111. The highest BCUT2D eigenvalue weighted by atomic mass is 35.5. The van der Waals surface area contributed by atoms with Gasteiger partial charge in [-0.3, -0.25) is 0 Å². The van der Waals surface area contributed by atoms with E-state index in [1.54, 1.807) is 114 Å². The fourth-order valence-electron chi connectivity index (χ4n) is 6.16. The van der Waals surface area contributed by atoms with Crippen molar-refractivity contribution in [2.45, 2.75) is 36.9 Å². The first-order valence-electron chi connectivity index (χ1n) is 16.7. The summed E-state index contributed by atoms with van der Waals surface area (Å²) in [6.07, 6.45) is -6.06. The van der Waals surface area contributed by atoms with E-state index in [-0.39, 0.29) is 17.7 Å². The minimum Gasteiger partial charge on any atom is -0.459 e. The molecule has 0 saturated carbocycles. The molecule has 52 heavy (non-hydrogen) atoms. The van der Waals surface area contributed by atoms with Crippen LogP contribution in [0.3, 0.4) is 0 Å². The molecule has 1 aliphatic heterocycles. The van der Waals surface area contributed by atoms with Crippen molar-refractivity contribution in [1.29, 1.82) is 0 Å². The zero-order valence-electron chi connectivity index (χ0n) is 27.7. The summed E-state index contributed by atoms with van der Waals surface area (Å²) < 4.78 is 25.3. The van der Waals surface area contributed by atoms with Gasteiger partial charge in [0.25, 0.3) is 0 Å². The summed E-state index contributed by atoms with van der Waals surface area (Å²) in [4.78, 5) is 41.2. The van der Waals surface area contributed by atoms with Crippen LogP contribution in [-0.2, 0) is 25.4 Å². The minimum atomic E-state index is -1.56. The van der Waals surface area contributed by atoms with E-state index >= 15 is 0 Å². The van der Waals surface area contributed by atoms with Gasteiger partial charge >= 0.3 is 17.9 Å². The number of hydrogen-bond donors (Lipinski definition) is 1. The van der Waals surface area contributed by atoms with Crippen LogP contribution in [0.1, 0.15) is 53.2 Å². The average molecular weight is 733 g/mol. The van der Waals surface area contributed by atoms with Crippen molar-refractivity contribution in [3.8, 4) is 0 Å². The van der Waals surface area contributed by atoms with Crippen LogP contribution in [0.4, 0.5) is 0 Å². The third-order valence-corrected chi connectivity index (χ3v) is 10.3. The molecule has 7 rings (SSSR count). The zero-order valence-corrected chi connectivity index (χ0v) is 29.2. The second-order valence-corrected chi connectivity index (χ2v) is 13.9. The first kappa shape index (κ1) is 35.1. The zero-order chi connectivity index (χ0) is 36.0. The van der Waals surface area contributed by atoms with Gasteiger partial charge in [0.2, 0.25) is 0 Å². The Morgan fingerprint density at radius 2 is 1.23 bits per heavy atom. The fourth-order valence-corrected chi connectivity index (χ4v) is 7.43. The van der Waals surface area contributed by atoms with E-state index in [0.717, 1.165) is 20.5 Å². The van der Waals surface area contributed by atoms with Crippen LogP contribution >= 0.6 is 22.9 Å². The van der Waals surface area contributed by atoms with Crippen LogP contribution in [0.2, 0.25) is 5.02 Å². The van der Waals surface area contributed by atoms with Gasteiger partial charge in [0.15, 0.2) is 12.2 Å². The molecule has 5 atom stereocenters. The molecule has 1 saturated heterocycles. The number of esters is 3. The molecule has 3 unspecified atom stereocenters. The summed E-state index contributed by atoms with van der Waals surface area (Å²) in [5, 5.41) is 13.4. The molecule has 0 spiro atoms. The molecule has 1 aliphatic rings. The molecule has 8 nitrogen and oxygen atoms in total. The van der Waals surface area contributed by atoms with E-state index in [9.17, 15) is 19.5 Å². The normalized spacial score (nSPS) is 19.8. The van der Waals surface area contributed by atoms with Gasteiger partial charge in [-0.2, -0.15) is 0 Å². The lowest BCUT2D eigenvalue weighted by atomic mass is 9.89. The van der Waals surface area contributed by atoms with Gasteiger partial charge in [-0.25, -0.2) is 14.4 Å². The summed E-state index contributed by atoms with van der Waals surface area (Å²) in [5.74, 6) is -2.08. The number of thiophene rings is 1. The van der Waals surface area contributed by atoms with Crippen LogP contribution < -0.4 is 0 Å². The monoisotopic (exact) mass is 732 g/mol. The van der Waals surface area contributed by atoms with E-state index in [4.69, 9.17) is 30.5 Å². The summed E-state index contributed by atoms with van der Waals surface area (Å²) in [7, 11) is 0. The number of benzene rings is 5. The number of aliphatic hydroxyl groups is 1. The molecule has 1 N–H and O–H groups in total. The van der Waals surface area contributed by atoms with Crippen LogP contribution in [0, 0.1) is 0 Å². The average Bonchev–Trinajstić information content (AvgIpc) is 3.60. The predicted octanol–water partition coefficient (Wildman–Crippen LogP) is 8.25. The number of halogens is 1. The van der Waals surface area contributed by atoms with Gasteiger partial charge in [0.05, 0.1) is 16.7 Å². The Bertz CT molecular complexity index is 2140. The van der Waals surface area contributed by atoms with Crippen molar-refractivity contribution in [2.75, 3.05) is 6.61 Å². The van der Waals surface area contributed by atoms with Gasteiger partial charge in [0.1, 0.15) is 24.9 Å². The summed E-state index contributed by atoms with van der Waals surface area (Å²) in [6, 6.07) is 40.6. The first-order valence-corrected chi connectivity index (χ1v) is 17.9. The van der Waals surface area contributed by atoms with Crippen molar-refractivity contribution >= 4 is 50.9 Å². The van der Waals surface area contributed by atoms with E-state index < -0.39 is 48.4 Å². The molecular weight excluding hydrogens is 700 g/mol. The van der Waals surface area contributed by atoms with Gasteiger partial charge in [-0.05, 0) is 71.1 Å². The molecule has 6 aromatic rings. The van der Waals surface area contributed by atoms with Crippen molar-refractivity contribution in [2.24, 2.45) is 0 Å². The van der Waals surface area contributed by atoms with Gasteiger partial charge in [0, 0.05) is 21.0 Å². The minimum absolute atomic E-state index is 0.232. The highest BCUT2D eigenvalue weighted by Crippen LogP contribution is 2.39. The van der Waals surface area contributed by atoms with E-state index in [2.05, 4.69) is 18.2 Å². The maximum Gasteiger partial charge on any atom is 0.338 e. The molecule has 5 aromatic carbocycles. The number of carbonyl (C=O) groups is 3. The Hall–Kier alpha value is -5.32. The Labute approximate surface area is 309 Å². The maximum atomic E-state index is 13.6. The standard InChI is InChI=1S/C42H33ClO8S/c43-33-21-20-30(22-31(33)24-32-23-29-18-10-11-19-35(29)52-32)37-39(51-42(47)28-16-8-3-9-17-28)38(50-41(46)27-14-6-2-7-15-27)36(44)34(49-37)25-48-40(45)26-12-4-1-5-13-26/h1-23,34,36-39,44H,24-25H2/t34?,36-,37?,38?,39+/m1/s1. The summed E-state index contributed by atoms with van der Waals surface area (Å²) in [5.41, 5.74) is 2.14. The van der Waals surface area contributed by atoms with Crippen molar-refractivity contribution in [1.82, 2.24) is 0 Å². The smallest absolute Gasteiger partial charge is 0.338 e. The largest absolute Gasteiger partial charge is 0.459 e. The van der Waals surface area contributed by atoms with E-state index in [1.165, 1.54) is 0 Å².